The van der Waals surface area contributed by atoms with Crippen molar-refractivity contribution in [3.05, 3.63) is 46.6 Å². The minimum Gasteiger partial charge on any atom is -0.504 e. The van der Waals surface area contributed by atoms with Crippen LogP contribution in [0.2, 0.25) is 0 Å². The fourth-order valence-corrected chi connectivity index (χ4v) is 3.73. The van der Waals surface area contributed by atoms with Crippen molar-refractivity contribution in [2.45, 2.75) is 30.7 Å². The Kier molecular flexibility index (Phi) is 6.64. The van der Waals surface area contributed by atoms with Gasteiger partial charge in [0.2, 0.25) is 12.0 Å². The molecule has 34 heavy (non-hydrogen) atoms. The van der Waals surface area contributed by atoms with Gasteiger partial charge in [-0.15, -0.1) is 0 Å². The van der Waals surface area contributed by atoms with E-state index in [1.807, 2.05) is 0 Å². The summed E-state index contributed by atoms with van der Waals surface area (Å²) in [6, 6.07) is 9.26. The molecular formula is C23H24O11. The Balaban J connectivity index is 1.78. The number of rotatable bonds is 6. The van der Waals surface area contributed by atoms with Crippen molar-refractivity contribution >= 4 is 11.0 Å². The molecule has 5 N–H and O–H groups in total. The molecule has 2 heterocycles. The predicted molar refractivity (Wildman–Crippen MR) is 117 cm³/mol. The molecule has 1 fully saturated rings. The standard InChI is InChI=1S/C23H24O11/c1-30-11-5-3-10(4-6-11)13-7-12(25)17-14(32-13)8-15(22(31-2)19(17)27)33-23-21(29)20(28)18(26)16(9-24)34-23/h3-8,16,18,20-21,23-24,26-29H,9H2,1-2H3/t16-,18+,20-,21-,23+/m1/s1. The number of methoxy groups -OCH3 is 2. The SMILES string of the molecule is COc1ccc(-c2cc(=O)c3c(O)c(OC)c(O[C@H]4O[C@H](CO)[C@H](O)[C@@H](O)[C@H]4O)cc3o2)cc1. The van der Waals surface area contributed by atoms with Gasteiger partial charge < -0.3 is 48.9 Å². The monoisotopic (exact) mass is 476 g/mol. The summed E-state index contributed by atoms with van der Waals surface area (Å²) >= 11 is 0. The van der Waals surface area contributed by atoms with E-state index >= 15 is 0 Å². The maximum atomic E-state index is 12.8. The highest BCUT2D eigenvalue weighted by Crippen LogP contribution is 2.43. The van der Waals surface area contributed by atoms with E-state index in [1.54, 1.807) is 24.3 Å². The highest BCUT2D eigenvalue weighted by molar-refractivity contribution is 5.89. The van der Waals surface area contributed by atoms with Crippen molar-refractivity contribution in [1.82, 2.24) is 0 Å². The van der Waals surface area contributed by atoms with Crippen molar-refractivity contribution in [3.8, 4) is 34.3 Å². The first-order valence-corrected chi connectivity index (χ1v) is 10.3. The zero-order chi connectivity index (χ0) is 24.6. The first kappa shape index (κ1) is 23.8. The molecule has 4 rings (SSSR count). The molecule has 5 atom stereocenters. The maximum absolute atomic E-state index is 12.8. The molecule has 0 spiro atoms. The average molecular weight is 476 g/mol. The Hall–Kier alpha value is -3.35. The van der Waals surface area contributed by atoms with Gasteiger partial charge in [0.1, 0.15) is 46.9 Å². The smallest absolute Gasteiger partial charge is 0.229 e. The van der Waals surface area contributed by atoms with Crippen LogP contribution in [0, 0.1) is 0 Å². The van der Waals surface area contributed by atoms with E-state index < -0.39 is 48.5 Å². The van der Waals surface area contributed by atoms with Crippen molar-refractivity contribution in [1.29, 1.82) is 0 Å². The minimum atomic E-state index is -1.70. The van der Waals surface area contributed by atoms with Crippen LogP contribution < -0.4 is 19.6 Å². The maximum Gasteiger partial charge on any atom is 0.229 e. The van der Waals surface area contributed by atoms with Crippen molar-refractivity contribution < 1.29 is 48.9 Å². The van der Waals surface area contributed by atoms with Gasteiger partial charge in [-0.2, -0.15) is 0 Å². The summed E-state index contributed by atoms with van der Waals surface area (Å²) in [5.41, 5.74) is -0.00928. The second kappa shape index (κ2) is 9.49. The lowest BCUT2D eigenvalue weighted by Gasteiger charge is -2.39. The van der Waals surface area contributed by atoms with Crippen LogP contribution in [-0.4, -0.2) is 77.1 Å². The van der Waals surface area contributed by atoms with E-state index in [0.29, 0.717) is 11.3 Å². The third-order valence-electron chi connectivity index (χ3n) is 5.58. The zero-order valence-electron chi connectivity index (χ0n) is 18.2. The summed E-state index contributed by atoms with van der Waals surface area (Å²) in [6.07, 6.45) is -7.69. The molecular weight excluding hydrogens is 452 g/mol. The number of phenolic OH excluding ortho intramolecular Hbond substituents is 1. The summed E-state index contributed by atoms with van der Waals surface area (Å²) in [5.74, 6) is -0.150. The molecule has 1 aliphatic heterocycles. The topological polar surface area (TPSA) is 168 Å². The van der Waals surface area contributed by atoms with E-state index in [4.69, 9.17) is 23.4 Å². The number of hydrogen-bond donors (Lipinski definition) is 5. The fraction of sp³-hybridized carbons (Fsp3) is 0.348. The molecule has 0 saturated carbocycles. The molecule has 0 bridgehead atoms. The van der Waals surface area contributed by atoms with E-state index in [1.165, 1.54) is 26.4 Å². The third-order valence-corrected chi connectivity index (χ3v) is 5.58. The van der Waals surface area contributed by atoms with Gasteiger partial charge in [0, 0.05) is 17.7 Å². The largest absolute Gasteiger partial charge is 0.504 e. The molecule has 1 saturated heterocycles. The Morgan fingerprint density at radius 2 is 1.68 bits per heavy atom. The molecule has 0 radical (unpaired) electrons. The summed E-state index contributed by atoms with van der Waals surface area (Å²) in [6.45, 7) is -0.648. The van der Waals surface area contributed by atoms with Gasteiger partial charge >= 0.3 is 0 Å². The molecule has 0 aliphatic carbocycles. The number of phenols is 1. The van der Waals surface area contributed by atoms with Crippen LogP contribution in [0.4, 0.5) is 0 Å². The second-order valence-electron chi connectivity index (χ2n) is 7.65. The zero-order valence-corrected chi connectivity index (χ0v) is 18.2. The highest BCUT2D eigenvalue weighted by Gasteiger charge is 2.45. The summed E-state index contributed by atoms with van der Waals surface area (Å²) < 4.78 is 27.1. The number of hydrogen-bond acceptors (Lipinski definition) is 11. The van der Waals surface area contributed by atoms with Gasteiger partial charge in [0.25, 0.3) is 0 Å². The first-order valence-electron chi connectivity index (χ1n) is 10.3. The Morgan fingerprint density at radius 1 is 0.971 bits per heavy atom. The lowest BCUT2D eigenvalue weighted by molar-refractivity contribution is -0.277. The highest BCUT2D eigenvalue weighted by atomic mass is 16.7. The van der Waals surface area contributed by atoms with E-state index in [2.05, 4.69) is 0 Å². The lowest BCUT2D eigenvalue weighted by Crippen LogP contribution is -2.60. The minimum absolute atomic E-state index is 0.0452. The summed E-state index contributed by atoms with van der Waals surface area (Å²) in [4.78, 5) is 12.8. The second-order valence-corrected chi connectivity index (χ2v) is 7.65. The number of ether oxygens (including phenoxy) is 4. The predicted octanol–water partition coefficient (Wildman–Crippen LogP) is 0.361. The molecule has 2 aromatic carbocycles. The number of benzene rings is 2. The quantitative estimate of drug-likeness (QED) is 0.333. The molecule has 1 aliphatic rings. The van der Waals surface area contributed by atoms with Gasteiger partial charge in [0.15, 0.2) is 16.9 Å². The van der Waals surface area contributed by atoms with Gasteiger partial charge in [-0.3, -0.25) is 4.79 Å². The van der Waals surface area contributed by atoms with E-state index in [-0.39, 0.29) is 28.2 Å². The average Bonchev–Trinajstić information content (AvgIpc) is 2.84. The van der Waals surface area contributed by atoms with Gasteiger partial charge in [-0.1, -0.05) is 0 Å². The van der Waals surface area contributed by atoms with Gasteiger partial charge in [0.05, 0.1) is 20.8 Å². The number of fused-ring (bicyclic) bond motifs is 1. The third kappa shape index (κ3) is 4.15. The number of aliphatic hydroxyl groups excluding tert-OH is 4. The molecule has 3 aromatic rings. The summed E-state index contributed by atoms with van der Waals surface area (Å²) in [7, 11) is 2.76. The molecule has 0 amide bonds. The molecule has 1 aromatic heterocycles. The Labute approximate surface area is 192 Å². The normalized spacial score (nSPS) is 24.7. The fourth-order valence-electron chi connectivity index (χ4n) is 3.73. The van der Waals surface area contributed by atoms with Crippen LogP contribution in [0.15, 0.2) is 45.6 Å². The van der Waals surface area contributed by atoms with Crippen molar-refractivity contribution in [3.63, 3.8) is 0 Å². The van der Waals surface area contributed by atoms with Crippen molar-refractivity contribution in [2.24, 2.45) is 0 Å². The molecule has 182 valence electrons. The Bertz CT molecular complexity index is 1220. The number of aliphatic hydroxyl groups is 4. The van der Waals surface area contributed by atoms with Crippen LogP contribution in [0.1, 0.15) is 0 Å². The van der Waals surface area contributed by atoms with E-state index in [0.717, 1.165) is 0 Å². The van der Waals surface area contributed by atoms with Crippen LogP contribution in [-0.2, 0) is 4.74 Å². The molecule has 11 nitrogen and oxygen atoms in total. The van der Waals surface area contributed by atoms with Crippen LogP contribution in [0.5, 0.6) is 23.0 Å². The van der Waals surface area contributed by atoms with Crippen LogP contribution in [0.25, 0.3) is 22.3 Å². The molecule has 0 unspecified atom stereocenters. The Morgan fingerprint density at radius 3 is 2.29 bits per heavy atom. The van der Waals surface area contributed by atoms with Crippen LogP contribution in [0.3, 0.4) is 0 Å². The lowest BCUT2D eigenvalue weighted by atomic mass is 9.99. The van der Waals surface area contributed by atoms with Gasteiger partial charge in [-0.05, 0) is 24.3 Å². The van der Waals surface area contributed by atoms with Crippen LogP contribution >= 0.6 is 0 Å². The number of aromatic hydroxyl groups is 1. The van der Waals surface area contributed by atoms with Crippen molar-refractivity contribution in [2.75, 3.05) is 20.8 Å². The first-order chi connectivity index (χ1) is 16.3. The van der Waals surface area contributed by atoms with Gasteiger partial charge in [-0.25, -0.2) is 0 Å². The molecule has 11 heteroatoms. The summed E-state index contributed by atoms with van der Waals surface area (Å²) in [5, 5.41) is 50.2. The van der Waals surface area contributed by atoms with E-state index in [9.17, 15) is 30.3 Å².